The number of aliphatic hydroxyl groups is 1. The molecule has 0 atom stereocenters. The van der Waals surface area contributed by atoms with Gasteiger partial charge in [-0.3, -0.25) is 4.72 Å². The van der Waals surface area contributed by atoms with Gasteiger partial charge in [0.1, 0.15) is 23.1 Å². The molecule has 0 amide bonds. The monoisotopic (exact) mass is 467 g/mol. The first-order chi connectivity index (χ1) is 10.8. The van der Waals surface area contributed by atoms with Crippen LogP contribution in [0, 0.1) is 5.82 Å². The molecule has 0 aliphatic rings. The molecule has 0 saturated heterocycles. The number of hydrogen-bond acceptors (Lipinski definition) is 4. The Kier molecular flexibility index (Phi) is 6.01. The number of nitrogens with one attached hydrogen (secondary N) is 1. The molecule has 0 radical (unpaired) electrons. The largest absolute Gasteiger partial charge is 0.489 e. The number of ether oxygens (including phenoxy) is 1. The van der Waals surface area contributed by atoms with Crippen LogP contribution in [-0.2, 0) is 10.0 Å². The first kappa shape index (κ1) is 18.2. The van der Waals surface area contributed by atoms with Gasteiger partial charge in [-0.2, -0.15) is 0 Å². The van der Waals surface area contributed by atoms with Gasteiger partial charge in [0, 0.05) is 15.0 Å². The minimum absolute atomic E-state index is 0.00579. The second-order valence-corrected chi connectivity index (χ2v) is 7.81. The van der Waals surface area contributed by atoms with E-state index in [9.17, 15) is 12.8 Å². The highest BCUT2D eigenvalue weighted by atomic mass is 79.9. The van der Waals surface area contributed by atoms with Gasteiger partial charge in [0.2, 0.25) is 0 Å². The smallest absolute Gasteiger partial charge is 0.263 e. The number of aliphatic hydroxyl groups excluding tert-OH is 1. The average molecular weight is 469 g/mol. The minimum atomic E-state index is -3.92. The summed E-state index contributed by atoms with van der Waals surface area (Å²) in [6.07, 6.45) is 0. The molecule has 9 heteroatoms. The van der Waals surface area contributed by atoms with E-state index >= 15 is 0 Å². The van der Waals surface area contributed by atoms with Crippen LogP contribution in [0.15, 0.2) is 50.2 Å². The van der Waals surface area contributed by atoms with Crippen LogP contribution in [0.3, 0.4) is 0 Å². The van der Waals surface area contributed by atoms with Crippen LogP contribution in [0.25, 0.3) is 0 Å². The standard InChI is InChI=1S/C14H12Br2FNO4S/c15-9-1-3-11(16)14(7-9)23(20,21)18-12-4-2-10(17)8-13(12)22-6-5-19/h1-4,7-8,18-19H,5-6H2. The summed E-state index contributed by atoms with van der Waals surface area (Å²) in [6.45, 7) is -0.362. The van der Waals surface area contributed by atoms with Gasteiger partial charge in [-0.25, -0.2) is 12.8 Å². The summed E-state index contributed by atoms with van der Waals surface area (Å²) >= 11 is 6.40. The minimum Gasteiger partial charge on any atom is -0.489 e. The van der Waals surface area contributed by atoms with E-state index in [1.54, 1.807) is 12.1 Å². The first-order valence-electron chi connectivity index (χ1n) is 6.34. The van der Waals surface area contributed by atoms with Gasteiger partial charge in [-0.05, 0) is 46.3 Å². The lowest BCUT2D eigenvalue weighted by Crippen LogP contribution is -2.15. The van der Waals surface area contributed by atoms with Gasteiger partial charge in [-0.15, -0.1) is 0 Å². The highest BCUT2D eigenvalue weighted by Gasteiger charge is 2.20. The molecular weight excluding hydrogens is 457 g/mol. The summed E-state index contributed by atoms with van der Waals surface area (Å²) in [7, 11) is -3.92. The molecule has 5 nitrogen and oxygen atoms in total. The topological polar surface area (TPSA) is 75.6 Å². The molecule has 0 aromatic heterocycles. The Hall–Kier alpha value is -1.16. The third-order valence-corrected chi connectivity index (χ3v) is 5.57. The first-order valence-corrected chi connectivity index (χ1v) is 9.41. The molecule has 0 saturated carbocycles. The van der Waals surface area contributed by atoms with Crippen molar-refractivity contribution in [3.05, 3.63) is 51.2 Å². The molecule has 0 unspecified atom stereocenters. The molecule has 2 N–H and O–H groups in total. The predicted molar refractivity (Wildman–Crippen MR) is 91.6 cm³/mol. The Bertz CT molecular complexity index is 814. The van der Waals surface area contributed by atoms with E-state index in [1.165, 1.54) is 12.1 Å². The molecule has 23 heavy (non-hydrogen) atoms. The van der Waals surface area contributed by atoms with Crippen molar-refractivity contribution in [2.24, 2.45) is 0 Å². The Morgan fingerprint density at radius 3 is 2.61 bits per heavy atom. The van der Waals surface area contributed by atoms with Crippen molar-refractivity contribution in [1.29, 1.82) is 0 Å². The van der Waals surface area contributed by atoms with Gasteiger partial charge in [0.25, 0.3) is 10.0 Å². The maximum Gasteiger partial charge on any atom is 0.263 e. The van der Waals surface area contributed by atoms with Gasteiger partial charge in [-0.1, -0.05) is 15.9 Å². The molecule has 2 aromatic rings. The fraction of sp³-hybridized carbons (Fsp3) is 0.143. The molecule has 0 aliphatic carbocycles. The van der Waals surface area contributed by atoms with Crippen LogP contribution in [0.2, 0.25) is 0 Å². The molecule has 2 rings (SSSR count). The maximum absolute atomic E-state index is 13.3. The van der Waals surface area contributed by atoms with E-state index in [-0.39, 0.29) is 29.5 Å². The number of benzene rings is 2. The number of halogens is 3. The second-order valence-electron chi connectivity index (χ2n) is 4.39. The second kappa shape index (κ2) is 7.61. The highest BCUT2D eigenvalue weighted by Crippen LogP contribution is 2.31. The normalized spacial score (nSPS) is 11.3. The summed E-state index contributed by atoms with van der Waals surface area (Å²) in [5.74, 6) is -0.585. The van der Waals surface area contributed by atoms with Crippen LogP contribution < -0.4 is 9.46 Å². The maximum atomic E-state index is 13.3. The average Bonchev–Trinajstić information content (AvgIpc) is 2.49. The fourth-order valence-electron chi connectivity index (χ4n) is 1.74. The highest BCUT2D eigenvalue weighted by molar-refractivity contribution is 9.11. The molecule has 0 fully saturated rings. The predicted octanol–water partition coefficient (Wildman–Crippen LogP) is 3.52. The lowest BCUT2D eigenvalue weighted by Gasteiger charge is -2.14. The zero-order valence-electron chi connectivity index (χ0n) is 11.6. The summed E-state index contributed by atoms with van der Waals surface area (Å²) in [4.78, 5) is 0.0179. The molecular formula is C14H12Br2FNO4S. The Labute approximate surface area is 149 Å². The van der Waals surface area contributed by atoms with Crippen molar-refractivity contribution in [2.75, 3.05) is 17.9 Å². The van der Waals surface area contributed by atoms with Gasteiger partial charge in [0.15, 0.2) is 0 Å². The van der Waals surface area contributed by atoms with E-state index in [1.807, 2.05) is 0 Å². The van der Waals surface area contributed by atoms with Gasteiger partial charge in [0.05, 0.1) is 12.3 Å². The fourth-order valence-corrected chi connectivity index (χ4v) is 4.31. The molecule has 0 bridgehead atoms. The zero-order chi connectivity index (χ0) is 17.0. The third kappa shape index (κ3) is 4.66. The van der Waals surface area contributed by atoms with Crippen molar-refractivity contribution >= 4 is 47.6 Å². The summed E-state index contributed by atoms with van der Waals surface area (Å²) in [5.41, 5.74) is 0.0757. The summed E-state index contributed by atoms with van der Waals surface area (Å²) in [6, 6.07) is 8.13. The molecule has 0 heterocycles. The summed E-state index contributed by atoms with van der Waals surface area (Å²) in [5, 5.41) is 8.80. The summed E-state index contributed by atoms with van der Waals surface area (Å²) < 4.78 is 46.9. The number of rotatable bonds is 6. The van der Waals surface area contributed by atoms with Crippen molar-refractivity contribution in [2.45, 2.75) is 4.90 Å². The van der Waals surface area contributed by atoms with E-state index in [2.05, 4.69) is 36.6 Å². The van der Waals surface area contributed by atoms with Crippen molar-refractivity contribution in [3.63, 3.8) is 0 Å². The van der Waals surface area contributed by atoms with Crippen LogP contribution in [0.5, 0.6) is 5.75 Å². The van der Waals surface area contributed by atoms with Crippen LogP contribution in [0.4, 0.5) is 10.1 Å². The number of hydrogen-bond donors (Lipinski definition) is 2. The zero-order valence-corrected chi connectivity index (χ0v) is 15.6. The van der Waals surface area contributed by atoms with Gasteiger partial charge >= 0.3 is 0 Å². The van der Waals surface area contributed by atoms with E-state index in [0.29, 0.717) is 8.95 Å². The lowest BCUT2D eigenvalue weighted by molar-refractivity contribution is 0.201. The van der Waals surface area contributed by atoms with E-state index in [0.717, 1.165) is 12.1 Å². The van der Waals surface area contributed by atoms with Gasteiger partial charge < -0.3 is 9.84 Å². The molecule has 124 valence electrons. The quantitative estimate of drug-likeness (QED) is 0.680. The van der Waals surface area contributed by atoms with Crippen molar-refractivity contribution < 1.29 is 22.7 Å². The van der Waals surface area contributed by atoms with Crippen molar-refractivity contribution in [3.8, 4) is 5.75 Å². The van der Waals surface area contributed by atoms with Crippen LogP contribution in [0.1, 0.15) is 0 Å². The molecule has 0 aliphatic heterocycles. The lowest BCUT2D eigenvalue weighted by atomic mass is 10.3. The molecule has 2 aromatic carbocycles. The Morgan fingerprint density at radius 1 is 1.17 bits per heavy atom. The molecule has 0 spiro atoms. The Balaban J connectivity index is 2.39. The number of sulfonamides is 1. The number of anilines is 1. The Morgan fingerprint density at radius 2 is 1.91 bits per heavy atom. The van der Waals surface area contributed by atoms with Crippen LogP contribution >= 0.6 is 31.9 Å². The van der Waals surface area contributed by atoms with Crippen molar-refractivity contribution in [1.82, 2.24) is 0 Å². The van der Waals surface area contributed by atoms with E-state index in [4.69, 9.17) is 9.84 Å². The van der Waals surface area contributed by atoms with E-state index < -0.39 is 15.8 Å². The van der Waals surface area contributed by atoms with Crippen LogP contribution in [-0.4, -0.2) is 26.7 Å². The SMILES string of the molecule is O=S(=O)(Nc1ccc(F)cc1OCCO)c1cc(Br)ccc1Br. The third-order valence-electron chi connectivity index (χ3n) is 2.72.